The Morgan fingerprint density at radius 2 is 2.00 bits per heavy atom. The number of carbonyl (C=O) groups excluding carboxylic acids is 1. The van der Waals surface area contributed by atoms with E-state index >= 15 is 0 Å². The molecule has 0 spiro atoms. The molecule has 1 fully saturated rings. The lowest BCUT2D eigenvalue weighted by molar-refractivity contribution is -0.123. The maximum absolute atomic E-state index is 12.3. The van der Waals surface area contributed by atoms with Gasteiger partial charge in [0.2, 0.25) is 5.91 Å². The number of nitriles is 1. The van der Waals surface area contributed by atoms with Gasteiger partial charge in [0.25, 0.3) is 0 Å². The van der Waals surface area contributed by atoms with Crippen molar-refractivity contribution in [3.63, 3.8) is 0 Å². The molecule has 1 amide bonds. The van der Waals surface area contributed by atoms with E-state index in [0.29, 0.717) is 13.1 Å². The first-order valence-corrected chi connectivity index (χ1v) is 8.67. The molecule has 1 aliphatic rings. The first kappa shape index (κ1) is 18.4. The maximum Gasteiger partial charge on any atom is 0.235 e. The Balaban J connectivity index is 1.90. The predicted octanol–water partition coefficient (Wildman–Crippen LogP) is 2.30. The molecule has 5 heteroatoms. The number of aryl methyl sites for hydroxylation is 1. The van der Waals surface area contributed by atoms with E-state index in [0.717, 1.165) is 36.8 Å². The van der Waals surface area contributed by atoms with Crippen molar-refractivity contribution in [2.45, 2.75) is 51.2 Å². The molecule has 0 saturated heterocycles. The third-order valence-electron chi connectivity index (χ3n) is 4.76. The number of nitrogens with zero attached hydrogens (tertiary/aromatic N) is 2. The molecule has 130 valence electrons. The molecule has 0 radical (unpaired) electrons. The monoisotopic (exact) mass is 329 g/mol. The van der Waals surface area contributed by atoms with E-state index in [4.69, 9.17) is 0 Å². The second-order valence-corrected chi connectivity index (χ2v) is 6.70. The van der Waals surface area contributed by atoms with Crippen LogP contribution in [0.25, 0.3) is 0 Å². The van der Waals surface area contributed by atoms with Crippen molar-refractivity contribution in [1.29, 1.82) is 5.26 Å². The number of likely N-dealkylation sites (N-methyl/N-ethyl adjacent to an activating group) is 1. The van der Waals surface area contributed by atoms with Gasteiger partial charge < -0.3 is 10.4 Å². The molecule has 24 heavy (non-hydrogen) atoms. The van der Waals surface area contributed by atoms with Gasteiger partial charge in [-0.25, -0.2) is 0 Å². The first-order valence-electron chi connectivity index (χ1n) is 8.67. The van der Waals surface area contributed by atoms with E-state index < -0.39 is 11.6 Å². The number of amides is 1. The third-order valence-corrected chi connectivity index (χ3v) is 4.76. The summed E-state index contributed by atoms with van der Waals surface area (Å²) in [6, 6.07) is 10.0. The van der Waals surface area contributed by atoms with Crippen LogP contribution in [-0.4, -0.2) is 41.1 Å². The first-order chi connectivity index (χ1) is 11.5. The molecular weight excluding hydrogens is 302 g/mol. The normalized spacial score (nSPS) is 17.5. The van der Waals surface area contributed by atoms with Gasteiger partial charge in [0.05, 0.1) is 18.7 Å². The average molecular weight is 329 g/mol. The summed E-state index contributed by atoms with van der Waals surface area (Å²) in [4.78, 5) is 14.2. The summed E-state index contributed by atoms with van der Waals surface area (Å²) in [5.74, 6) is -0.142. The molecule has 0 aromatic heterocycles. The molecule has 2 rings (SSSR count). The highest BCUT2D eigenvalue weighted by Gasteiger charge is 2.35. The highest BCUT2D eigenvalue weighted by atomic mass is 16.3. The molecule has 1 aliphatic carbocycles. The minimum atomic E-state index is -0.688. The minimum Gasteiger partial charge on any atom is -0.387 e. The molecule has 1 aromatic rings. The molecule has 1 saturated carbocycles. The largest absolute Gasteiger partial charge is 0.387 e. The SMILES string of the molecule is CCN(CC(=O)NC1(C#N)CCCC1)CC(O)c1ccc(C)cc1. The van der Waals surface area contributed by atoms with Crippen LogP contribution in [0.2, 0.25) is 0 Å². The highest BCUT2D eigenvalue weighted by Crippen LogP contribution is 2.28. The summed E-state index contributed by atoms with van der Waals surface area (Å²) in [5.41, 5.74) is 1.31. The van der Waals surface area contributed by atoms with Crippen LogP contribution in [-0.2, 0) is 4.79 Å². The number of carbonyl (C=O) groups is 1. The summed E-state index contributed by atoms with van der Waals surface area (Å²) < 4.78 is 0. The molecule has 1 aromatic carbocycles. The molecule has 1 atom stereocenters. The van der Waals surface area contributed by atoms with Gasteiger partial charge in [-0.15, -0.1) is 0 Å². The van der Waals surface area contributed by atoms with Crippen molar-refractivity contribution in [3.8, 4) is 6.07 Å². The van der Waals surface area contributed by atoms with Gasteiger partial charge in [-0.05, 0) is 44.7 Å². The van der Waals surface area contributed by atoms with Crippen molar-refractivity contribution in [2.24, 2.45) is 0 Å². The van der Waals surface area contributed by atoms with Crippen molar-refractivity contribution >= 4 is 5.91 Å². The standard InChI is InChI=1S/C19H27N3O2/c1-3-22(12-17(23)16-8-6-15(2)7-9-16)13-18(24)21-19(14-20)10-4-5-11-19/h6-9,17,23H,3-5,10-13H2,1-2H3,(H,21,24). The van der Waals surface area contributed by atoms with E-state index in [1.54, 1.807) is 0 Å². The fraction of sp³-hybridized carbons (Fsp3) is 0.579. The van der Waals surface area contributed by atoms with E-state index in [-0.39, 0.29) is 12.5 Å². The second kappa shape index (κ2) is 8.27. The quantitative estimate of drug-likeness (QED) is 0.805. The molecule has 1 unspecified atom stereocenters. The number of rotatable bonds is 7. The van der Waals surface area contributed by atoms with Crippen LogP contribution in [0.3, 0.4) is 0 Å². The molecule has 5 nitrogen and oxygen atoms in total. The topological polar surface area (TPSA) is 76.4 Å². The number of aliphatic hydroxyl groups is 1. The average Bonchev–Trinajstić information content (AvgIpc) is 3.03. The van der Waals surface area contributed by atoms with Gasteiger partial charge >= 0.3 is 0 Å². The van der Waals surface area contributed by atoms with Crippen LogP contribution >= 0.6 is 0 Å². The Kier molecular flexibility index (Phi) is 6.36. The van der Waals surface area contributed by atoms with Crippen molar-refractivity contribution in [1.82, 2.24) is 10.2 Å². The molecule has 0 bridgehead atoms. The number of hydrogen-bond acceptors (Lipinski definition) is 4. The van der Waals surface area contributed by atoms with Crippen molar-refractivity contribution in [3.05, 3.63) is 35.4 Å². The Labute approximate surface area is 144 Å². The van der Waals surface area contributed by atoms with Gasteiger partial charge in [0.1, 0.15) is 5.54 Å². The Morgan fingerprint density at radius 3 is 2.54 bits per heavy atom. The summed E-state index contributed by atoms with van der Waals surface area (Å²) in [6.07, 6.45) is 2.80. The maximum atomic E-state index is 12.3. The van der Waals surface area contributed by atoms with Crippen molar-refractivity contribution in [2.75, 3.05) is 19.6 Å². The van der Waals surface area contributed by atoms with E-state index in [2.05, 4.69) is 11.4 Å². The zero-order chi connectivity index (χ0) is 17.6. The number of benzene rings is 1. The zero-order valence-electron chi connectivity index (χ0n) is 14.6. The van der Waals surface area contributed by atoms with Crippen molar-refractivity contribution < 1.29 is 9.90 Å². The molecule has 2 N–H and O–H groups in total. The summed E-state index contributed by atoms with van der Waals surface area (Å²) in [5, 5.41) is 22.6. The molecule has 0 heterocycles. The number of aliphatic hydroxyl groups excluding tert-OH is 1. The van der Waals surface area contributed by atoms with Crippen LogP contribution in [0, 0.1) is 18.3 Å². The molecular formula is C19H27N3O2. The number of nitrogens with one attached hydrogen (secondary N) is 1. The van der Waals surface area contributed by atoms with E-state index in [1.165, 1.54) is 0 Å². The lowest BCUT2D eigenvalue weighted by atomic mass is 10.00. The fourth-order valence-corrected chi connectivity index (χ4v) is 3.20. The second-order valence-electron chi connectivity index (χ2n) is 6.70. The Morgan fingerprint density at radius 1 is 1.38 bits per heavy atom. The van der Waals surface area contributed by atoms with E-state index in [9.17, 15) is 15.2 Å². The lowest BCUT2D eigenvalue weighted by Crippen LogP contribution is -2.49. The van der Waals surface area contributed by atoms with Crippen LogP contribution in [0.15, 0.2) is 24.3 Å². The Bertz CT molecular complexity index is 586. The van der Waals surface area contributed by atoms with Gasteiger partial charge in [-0.2, -0.15) is 5.26 Å². The van der Waals surface area contributed by atoms with Gasteiger partial charge in [0.15, 0.2) is 0 Å². The predicted molar refractivity (Wildman–Crippen MR) is 93.2 cm³/mol. The van der Waals surface area contributed by atoms with Gasteiger partial charge in [-0.1, -0.05) is 36.8 Å². The lowest BCUT2D eigenvalue weighted by Gasteiger charge is -2.27. The zero-order valence-corrected chi connectivity index (χ0v) is 14.6. The molecule has 0 aliphatic heterocycles. The fourth-order valence-electron chi connectivity index (χ4n) is 3.20. The van der Waals surface area contributed by atoms with Crippen LogP contribution in [0.5, 0.6) is 0 Å². The van der Waals surface area contributed by atoms with E-state index in [1.807, 2.05) is 43.0 Å². The summed E-state index contributed by atoms with van der Waals surface area (Å²) in [6.45, 7) is 5.23. The third kappa shape index (κ3) is 4.80. The van der Waals surface area contributed by atoms with Gasteiger partial charge in [-0.3, -0.25) is 9.69 Å². The van der Waals surface area contributed by atoms with Gasteiger partial charge in [0, 0.05) is 6.54 Å². The minimum absolute atomic E-state index is 0.142. The highest BCUT2D eigenvalue weighted by molar-refractivity contribution is 5.79. The van der Waals surface area contributed by atoms with Crippen LogP contribution in [0.1, 0.15) is 49.8 Å². The van der Waals surface area contributed by atoms with Crippen LogP contribution < -0.4 is 5.32 Å². The summed E-state index contributed by atoms with van der Waals surface area (Å²) >= 11 is 0. The Hall–Kier alpha value is -1.90. The van der Waals surface area contributed by atoms with Crippen LogP contribution in [0.4, 0.5) is 0 Å². The smallest absolute Gasteiger partial charge is 0.235 e. The summed E-state index contributed by atoms with van der Waals surface area (Å²) in [7, 11) is 0. The number of hydrogen-bond donors (Lipinski definition) is 2.